The average Bonchev–Trinajstić information content (AvgIpc) is 2.60. The predicted molar refractivity (Wildman–Crippen MR) is 107 cm³/mol. The Morgan fingerprint density at radius 3 is 2.04 bits per heavy atom. The minimum atomic E-state index is -0.402. The van der Waals surface area contributed by atoms with Crippen LogP contribution in [0.15, 0.2) is 60.7 Å². The number of rotatable bonds is 8. The highest BCUT2D eigenvalue weighted by Gasteiger charge is 2.43. The van der Waals surface area contributed by atoms with Gasteiger partial charge in [-0.1, -0.05) is 55.5 Å². The normalized spacial score (nSPS) is 14.1. The molecule has 0 aliphatic heterocycles. The second-order valence-electron chi connectivity index (χ2n) is 7.95. The molecule has 1 N–H and O–H groups in total. The zero-order valence-corrected chi connectivity index (χ0v) is 16.6. The molecule has 26 heavy (non-hydrogen) atoms. The first-order chi connectivity index (χ1) is 12.2. The van der Waals surface area contributed by atoms with E-state index in [9.17, 15) is 4.79 Å². The zero-order chi connectivity index (χ0) is 19.2. The van der Waals surface area contributed by atoms with Crippen molar-refractivity contribution in [1.82, 2.24) is 5.32 Å². The maximum absolute atomic E-state index is 12.5. The Hall–Kier alpha value is -2.13. The van der Waals surface area contributed by atoms with Gasteiger partial charge in [-0.25, -0.2) is 0 Å². The minimum absolute atomic E-state index is 0.0507. The lowest BCUT2D eigenvalue weighted by Crippen LogP contribution is -2.53. The van der Waals surface area contributed by atoms with Gasteiger partial charge in [0.15, 0.2) is 0 Å². The molecule has 0 saturated heterocycles. The van der Waals surface area contributed by atoms with E-state index in [1.807, 2.05) is 50.2 Å². The summed E-state index contributed by atoms with van der Waals surface area (Å²) in [4.78, 5) is 12.5. The van der Waals surface area contributed by atoms with E-state index in [1.54, 1.807) is 0 Å². The molecule has 1 amide bonds. The maximum atomic E-state index is 12.5. The number of benzene rings is 2. The molecule has 0 aliphatic carbocycles. The van der Waals surface area contributed by atoms with Crippen molar-refractivity contribution in [1.29, 1.82) is 0 Å². The third kappa shape index (κ3) is 5.18. The van der Waals surface area contributed by atoms with Gasteiger partial charge in [0.1, 0.15) is 0 Å². The number of amides is 1. The lowest BCUT2D eigenvalue weighted by Gasteiger charge is -2.45. The van der Waals surface area contributed by atoms with Crippen molar-refractivity contribution in [3.63, 3.8) is 0 Å². The third-order valence-corrected chi connectivity index (χ3v) is 5.10. The van der Waals surface area contributed by atoms with Gasteiger partial charge in [0.2, 0.25) is 0 Å². The fourth-order valence-electron chi connectivity index (χ4n) is 3.23. The van der Waals surface area contributed by atoms with E-state index in [2.05, 4.69) is 50.4 Å². The van der Waals surface area contributed by atoms with Crippen LogP contribution in [0.1, 0.15) is 50.5 Å². The molecule has 0 bridgehead atoms. The minimum Gasteiger partial charge on any atom is -0.372 e. The highest BCUT2D eigenvalue weighted by molar-refractivity contribution is 5.94. The van der Waals surface area contributed by atoms with E-state index < -0.39 is 5.60 Å². The Kier molecular flexibility index (Phi) is 6.60. The first kappa shape index (κ1) is 20.2. The Morgan fingerprint density at radius 2 is 1.50 bits per heavy atom. The number of carbonyl (C=O) groups is 1. The lowest BCUT2D eigenvalue weighted by atomic mass is 9.70. The first-order valence-electron chi connectivity index (χ1n) is 9.28. The van der Waals surface area contributed by atoms with E-state index in [-0.39, 0.29) is 17.4 Å². The number of carbonyl (C=O) groups excluding carboxylic acids is 1. The van der Waals surface area contributed by atoms with Crippen LogP contribution in [-0.4, -0.2) is 24.2 Å². The van der Waals surface area contributed by atoms with Gasteiger partial charge < -0.3 is 10.1 Å². The maximum Gasteiger partial charge on any atom is 0.251 e. The molecule has 0 fully saturated rings. The fourth-order valence-corrected chi connectivity index (χ4v) is 3.23. The quantitative estimate of drug-likeness (QED) is 0.735. The molecule has 2 rings (SSSR count). The summed E-state index contributed by atoms with van der Waals surface area (Å²) in [5, 5.41) is 3.12. The Balaban J connectivity index is 2.21. The van der Waals surface area contributed by atoms with Crippen LogP contribution in [-0.2, 0) is 11.2 Å². The first-order valence-corrected chi connectivity index (χ1v) is 9.28. The Labute approximate surface area is 157 Å². The van der Waals surface area contributed by atoms with Gasteiger partial charge >= 0.3 is 0 Å². The monoisotopic (exact) mass is 353 g/mol. The summed E-state index contributed by atoms with van der Waals surface area (Å²) >= 11 is 0. The molecule has 0 radical (unpaired) electrons. The van der Waals surface area contributed by atoms with Crippen LogP contribution in [0, 0.1) is 5.41 Å². The molecule has 0 heterocycles. The van der Waals surface area contributed by atoms with Crippen LogP contribution < -0.4 is 5.32 Å². The van der Waals surface area contributed by atoms with E-state index in [0.29, 0.717) is 12.1 Å². The molecule has 3 heteroatoms. The van der Waals surface area contributed by atoms with Crippen molar-refractivity contribution in [3.05, 3.63) is 71.8 Å². The van der Waals surface area contributed by atoms with Crippen LogP contribution in [0.2, 0.25) is 0 Å². The van der Waals surface area contributed by atoms with E-state index >= 15 is 0 Å². The van der Waals surface area contributed by atoms with Gasteiger partial charge in [-0.05, 0) is 51.8 Å². The molecule has 140 valence electrons. The standard InChI is InChI=1S/C23H31NO2/c1-18(2)26-22(3,4)23(5,16-19-12-8-6-9-13-19)17-24-21(25)20-14-10-7-11-15-20/h6-15,18H,16-17H2,1-5H3,(H,24,25). The van der Waals surface area contributed by atoms with Crippen LogP contribution in [0.4, 0.5) is 0 Å². The summed E-state index contributed by atoms with van der Waals surface area (Å²) in [6, 6.07) is 19.7. The topological polar surface area (TPSA) is 38.3 Å². The van der Waals surface area contributed by atoms with Gasteiger partial charge in [0.25, 0.3) is 5.91 Å². The predicted octanol–water partition coefficient (Wildman–Crippen LogP) is 4.87. The zero-order valence-electron chi connectivity index (χ0n) is 16.6. The molecule has 1 atom stereocenters. The fraction of sp³-hybridized carbons (Fsp3) is 0.435. The second-order valence-corrected chi connectivity index (χ2v) is 7.95. The van der Waals surface area contributed by atoms with Crippen molar-refractivity contribution < 1.29 is 9.53 Å². The lowest BCUT2D eigenvalue weighted by molar-refractivity contribution is -0.129. The molecule has 1 unspecified atom stereocenters. The van der Waals surface area contributed by atoms with Gasteiger partial charge in [0.05, 0.1) is 11.7 Å². The SMILES string of the molecule is CC(C)OC(C)(C)C(C)(CNC(=O)c1ccccc1)Cc1ccccc1. The van der Waals surface area contributed by atoms with Crippen LogP contribution in [0.3, 0.4) is 0 Å². The summed E-state index contributed by atoms with van der Waals surface area (Å²) in [5.74, 6) is -0.0507. The molecule has 3 nitrogen and oxygen atoms in total. The van der Waals surface area contributed by atoms with Crippen LogP contribution in [0.5, 0.6) is 0 Å². The summed E-state index contributed by atoms with van der Waals surface area (Å²) in [6.45, 7) is 11.1. The Morgan fingerprint density at radius 1 is 0.962 bits per heavy atom. The smallest absolute Gasteiger partial charge is 0.251 e. The second kappa shape index (κ2) is 8.50. The van der Waals surface area contributed by atoms with Crippen molar-refractivity contribution in [2.45, 2.75) is 52.7 Å². The van der Waals surface area contributed by atoms with Gasteiger partial charge in [-0.15, -0.1) is 0 Å². The highest BCUT2D eigenvalue weighted by atomic mass is 16.5. The van der Waals surface area contributed by atoms with Crippen molar-refractivity contribution in [2.24, 2.45) is 5.41 Å². The largest absolute Gasteiger partial charge is 0.372 e. The highest BCUT2D eigenvalue weighted by Crippen LogP contribution is 2.38. The van der Waals surface area contributed by atoms with Crippen LogP contribution >= 0.6 is 0 Å². The summed E-state index contributed by atoms with van der Waals surface area (Å²) in [7, 11) is 0. The molecule has 2 aromatic rings. The van der Waals surface area contributed by atoms with E-state index in [4.69, 9.17) is 4.74 Å². The number of nitrogens with one attached hydrogen (secondary N) is 1. The third-order valence-electron chi connectivity index (χ3n) is 5.10. The number of ether oxygens (including phenoxy) is 1. The van der Waals surface area contributed by atoms with Crippen LogP contribution in [0.25, 0.3) is 0 Å². The van der Waals surface area contributed by atoms with Crippen molar-refractivity contribution >= 4 is 5.91 Å². The van der Waals surface area contributed by atoms with Gasteiger partial charge in [-0.3, -0.25) is 4.79 Å². The van der Waals surface area contributed by atoms with Crippen molar-refractivity contribution in [2.75, 3.05) is 6.54 Å². The molecular formula is C23H31NO2. The summed E-state index contributed by atoms with van der Waals surface area (Å²) in [6.07, 6.45) is 0.938. The average molecular weight is 354 g/mol. The molecule has 0 aliphatic rings. The molecular weight excluding hydrogens is 322 g/mol. The molecule has 0 aromatic heterocycles. The molecule has 0 spiro atoms. The number of hydrogen-bond acceptors (Lipinski definition) is 2. The number of hydrogen-bond donors (Lipinski definition) is 1. The van der Waals surface area contributed by atoms with Gasteiger partial charge in [0, 0.05) is 17.5 Å². The van der Waals surface area contributed by atoms with E-state index in [1.165, 1.54) is 5.56 Å². The van der Waals surface area contributed by atoms with Crippen molar-refractivity contribution in [3.8, 4) is 0 Å². The Bertz CT molecular complexity index is 695. The van der Waals surface area contributed by atoms with Gasteiger partial charge in [-0.2, -0.15) is 0 Å². The van der Waals surface area contributed by atoms with E-state index in [0.717, 1.165) is 6.42 Å². The summed E-state index contributed by atoms with van der Waals surface area (Å²) < 4.78 is 6.26. The molecule has 2 aromatic carbocycles. The summed E-state index contributed by atoms with van der Waals surface area (Å²) in [5.41, 5.74) is 1.26. The molecule has 0 saturated carbocycles.